The molecular formula is C14H8Cl2FN3O3S2. The summed E-state index contributed by atoms with van der Waals surface area (Å²) in [6, 6.07) is 6.43. The van der Waals surface area contributed by atoms with Gasteiger partial charge in [0.05, 0.1) is 16.9 Å². The van der Waals surface area contributed by atoms with Crippen molar-refractivity contribution in [2.24, 2.45) is 0 Å². The van der Waals surface area contributed by atoms with Gasteiger partial charge in [-0.2, -0.15) is 0 Å². The third-order valence-corrected chi connectivity index (χ3v) is 6.20. The minimum atomic E-state index is -4.21. The number of aromatic nitrogens is 2. The predicted octanol–water partition coefficient (Wildman–Crippen LogP) is 3.50. The van der Waals surface area contributed by atoms with E-state index in [9.17, 15) is 17.6 Å². The molecule has 0 atom stereocenters. The van der Waals surface area contributed by atoms with E-state index in [-0.39, 0.29) is 19.3 Å². The van der Waals surface area contributed by atoms with Crippen LogP contribution in [0.3, 0.4) is 0 Å². The number of thiophene rings is 1. The Morgan fingerprint density at radius 1 is 1.24 bits per heavy atom. The fourth-order valence-corrected chi connectivity index (χ4v) is 5.12. The molecule has 2 aromatic heterocycles. The largest absolute Gasteiger partial charge is 0.295 e. The molecule has 0 aliphatic rings. The lowest BCUT2D eigenvalue weighted by molar-refractivity contribution is 0.0975. The molecule has 130 valence electrons. The van der Waals surface area contributed by atoms with Crippen LogP contribution < -0.4 is 4.72 Å². The van der Waals surface area contributed by atoms with Crippen LogP contribution in [0.1, 0.15) is 10.5 Å². The first kappa shape index (κ1) is 17.9. The molecular weight excluding hydrogens is 412 g/mol. The number of carbonyl (C=O) groups excluding carboxylic acids is 1. The van der Waals surface area contributed by atoms with Gasteiger partial charge in [-0.15, -0.1) is 11.3 Å². The molecule has 3 aromatic rings. The molecule has 0 spiro atoms. The number of hydrogen-bond acceptors (Lipinski definition) is 5. The zero-order chi connectivity index (χ0) is 18.2. The monoisotopic (exact) mass is 419 g/mol. The van der Waals surface area contributed by atoms with Crippen molar-refractivity contribution >= 4 is 50.5 Å². The van der Waals surface area contributed by atoms with E-state index in [1.54, 1.807) is 0 Å². The third-order valence-electron chi connectivity index (χ3n) is 3.12. The van der Waals surface area contributed by atoms with Crippen LogP contribution >= 0.6 is 34.5 Å². The Morgan fingerprint density at radius 3 is 2.52 bits per heavy atom. The van der Waals surface area contributed by atoms with Crippen LogP contribution in [0.2, 0.25) is 8.67 Å². The molecule has 0 fully saturated rings. The van der Waals surface area contributed by atoms with Crippen molar-refractivity contribution in [2.75, 3.05) is 0 Å². The topological polar surface area (TPSA) is 81.1 Å². The summed E-state index contributed by atoms with van der Waals surface area (Å²) in [5.74, 6) is -1.36. The number of halogens is 3. The van der Waals surface area contributed by atoms with Crippen LogP contribution in [0.15, 0.2) is 47.8 Å². The van der Waals surface area contributed by atoms with Crippen molar-refractivity contribution in [2.45, 2.75) is 4.90 Å². The van der Waals surface area contributed by atoms with Crippen molar-refractivity contribution in [1.29, 1.82) is 0 Å². The van der Waals surface area contributed by atoms with Crippen LogP contribution in [0.4, 0.5) is 4.39 Å². The first-order chi connectivity index (χ1) is 11.8. The Kier molecular flexibility index (Phi) is 4.83. The summed E-state index contributed by atoms with van der Waals surface area (Å²) in [7, 11) is -4.21. The highest BCUT2D eigenvalue weighted by Crippen LogP contribution is 2.34. The van der Waals surface area contributed by atoms with Gasteiger partial charge in [0.1, 0.15) is 20.7 Å². The summed E-state index contributed by atoms with van der Waals surface area (Å²) in [5.41, 5.74) is 0.394. The van der Waals surface area contributed by atoms with Crippen molar-refractivity contribution in [3.63, 3.8) is 0 Å². The SMILES string of the molecule is O=C(NS(=O)(=O)c1cc(Cl)sc1Cl)c1cncn1-c1ccc(F)cc1. The van der Waals surface area contributed by atoms with E-state index >= 15 is 0 Å². The van der Waals surface area contributed by atoms with Gasteiger partial charge in [0.25, 0.3) is 15.9 Å². The van der Waals surface area contributed by atoms with Gasteiger partial charge in [-0.25, -0.2) is 22.5 Å². The number of hydrogen-bond donors (Lipinski definition) is 1. The first-order valence-corrected chi connectivity index (χ1v) is 9.64. The second kappa shape index (κ2) is 6.75. The third kappa shape index (κ3) is 3.69. The number of nitrogens with one attached hydrogen (secondary N) is 1. The van der Waals surface area contributed by atoms with E-state index in [2.05, 4.69) is 4.98 Å². The second-order valence-corrected chi connectivity index (χ2v) is 8.68. The van der Waals surface area contributed by atoms with Crippen molar-refractivity contribution in [3.05, 3.63) is 63.0 Å². The maximum atomic E-state index is 13.0. The minimum absolute atomic E-state index is 0.0485. The van der Waals surface area contributed by atoms with Gasteiger partial charge in [0, 0.05) is 5.69 Å². The smallest absolute Gasteiger partial charge is 0.283 e. The van der Waals surface area contributed by atoms with Crippen LogP contribution in [-0.2, 0) is 10.0 Å². The molecule has 0 aliphatic carbocycles. The van der Waals surface area contributed by atoms with E-state index in [1.807, 2.05) is 4.72 Å². The molecule has 0 radical (unpaired) electrons. The normalized spacial score (nSPS) is 11.5. The molecule has 0 unspecified atom stereocenters. The zero-order valence-corrected chi connectivity index (χ0v) is 15.3. The molecule has 25 heavy (non-hydrogen) atoms. The Morgan fingerprint density at radius 2 is 1.92 bits per heavy atom. The van der Waals surface area contributed by atoms with Crippen molar-refractivity contribution < 1.29 is 17.6 Å². The van der Waals surface area contributed by atoms with E-state index < -0.39 is 21.7 Å². The molecule has 1 amide bonds. The summed E-state index contributed by atoms with van der Waals surface area (Å²) in [6.07, 6.45) is 2.50. The maximum Gasteiger partial charge on any atom is 0.283 e. The Hall–Kier alpha value is -1.94. The molecule has 6 nitrogen and oxygen atoms in total. The highest BCUT2D eigenvalue weighted by molar-refractivity contribution is 7.90. The highest BCUT2D eigenvalue weighted by Gasteiger charge is 2.25. The lowest BCUT2D eigenvalue weighted by atomic mass is 10.3. The maximum absolute atomic E-state index is 13.0. The van der Waals surface area contributed by atoms with E-state index in [4.69, 9.17) is 23.2 Å². The van der Waals surface area contributed by atoms with Gasteiger partial charge >= 0.3 is 0 Å². The minimum Gasteiger partial charge on any atom is -0.295 e. The molecule has 1 N–H and O–H groups in total. The number of benzene rings is 1. The number of imidazole rings is 1. The zero-order valence-electron chi connectivity index (χ0n) is 12.1. The standard InChI is InChI=1S/C14H8Cl2FN3O3S2/c15-12-5-11(13(16)24-12)25(22,23)19-14(21)10-6-18-7-20(10)9-3-1-8(17)2-4-9/h1-7H,(H,19,21). The summed E-state index contributed by atoms with van der Waals surface area (Å²) >= 11 is 12.4. The predicted molar refractivity (Wildman–Crippen MR) is 92.5 cm³/mol. The first-order valence-electron chi connectivity index (χ1n) is 6.58. The summed E-state index contributed by atoms with van der Waals surface area (Å²) in [4.78, 5) is 15.9. The van der Waals surface area contributed by atoms with Gasteiger partial charge in [-0.1, -0.05) is 23.2 Å². The van der Waals surface area contributed by atoms with E-state index in [0.717, 1.165) is 17.4 Å². The van der Waals surface area contributed by atoms with Crippen LogP contribution in [0.25, 0.3) is 5.69 Å². The average Bonchev–Trinajstić information content (AvgIpc) is 3.14. The van der Waals surface area contributed by atoms with E-state index in [0.29, 0.717) is 5.69 Å². The molecule has 0 saturated heterocycles. The fourth-order valence-electron chi connectivity index (χ4n) is 2.01. The van der Waals surface area contributed by atoms with Gasteiger partial charge in [-0.05, 0) is 30.3 Å². The molecule has 0 bridgehead atoms. The van der Waals surface area contributed by atoms with Crippen LogP contribution in [-0.4, -0.2) is 23.9 Å². The lowest BCUT2D eigenvalue weighted by Crippen LogP contribution is -2.31. The van der Waals surface area contributed by atoms with Gasteiger partial charge in [0.15, 0.2) is 0 Å². The number of nitrogens with zero attached hydrogens (tertiary/aromatic N) is 2. The second-order valence-electron chi connectivity index (χ2n) is 4.75. The number of rotatable bonds is 4. The van der Waals surface area contributed by atoms with Gasteiger partial charge < -0.3 is 0 Å². The van der Waals surface area contributed by atoms with Crippen LogP contribution in [0.5, 0.6) is 0 Å². The average molecular weight is 420 g/mol. The van der Waals surface area contributed by atoms with Crippen molar-refractivity contribution in [1.82, 2.24) is 14.3 Å². The number of carbonyl (C=O) groups is 1. The molecule has 2 heterocycles. The van der Waals surface area contributed by atoms with Crippen LogP contribution in [0, 0.1) is 5.82 Å². The van der Waals surface area contributed by atoms with Gasteiger partial charge in [-0.3, -0.25) is 9.36 Å². The summed E-state index contributed by atoms with van der Waals surface area (Å²) in [6.45, 7) is 0. The van der Waals surface area contributed by atoms with Crippen molar-refractivity contribution in [3.8, 4) is 5.69 Å². The molecule has 1 aromatic carbocycles. The van der Waals surface area contributed by atoms with Gasteiger partial charge in [0.2, 0.25) is 0 Å². The quantitative estimate of drug-likeness (QED) is 0.701. The number of sulfonamides is 1. The molecule has 11 heteroatoms. The number of amides is 1. The van der Waals surface area contributed by atoms with E-state index in [1.165, 1.54) is 41.4 Å². The summed E-state index contributed by atoms with van der Waals surface area (Å²) < 4.78 is 41.0. The summed E-state index contributed by atoms with van der Waals surface area (Å²) in [5, 5.41) is 0. The molecule has 0 aliphatic heterocycles. The Labute approximate surface area is 155 Å². The lowest BCUT2D eigenvalue weighted by Gasteiger charge is -2.09. The molecule has 0 saturated carbocycles. The molecule has 3 rings (SSSR count). The Bertz CT molecular complexity index is 1050. The highest BCUT2D eigenvalue weighted by atomic mass is 35.5. The fraction of sp³-hybridized carbons (Fsp3) is 0. The Balaban J connectivity index is 1.91.